The number of dihydropyridines is 1. The zero-order chi connectivity index (χ0) is 26.8. The Kier molecular flexibility index (Phi) is 6.75. The Morgan fingerprint density at radius 3 is 1.63 bits per heavy atom. The molecular weight excluding hydrogens is 478 g/mol. The van der Waals surface area contributed by atoms with E-state index in [0.29, 0.717) is 39.1 Å². The van der Waals surface area contributed by atoms with Gasteiger partial charge in [-0.1, -0.05) is 66.7 Å². The van der Waals surface area contributed by atoms with Gasteiger partial charge >= 0.3 is 11.9 Å². The van der Waals surface area contributed by atoms with E-state index < -0.39 is 17.9 Å². The predicted molar refractivity (Wildman–Crippen MR) is 146 cm³/mol. The van der Waals surface area contributed by atoms with E-state index in [9.17, 15) is 9.59 Å². The Labute approximate surface area is 220 Å². The van der Waals surface area contributed by atoms with Crippen LogP contribution in [0.5, 0.6) is 0 Å². The first-order valence-corrected chi connectivity index (χ1v) is 12.2. The first-order valence-electron chi connectivity index (χ1n) is 12.2. The molecule has 4 aromatic rings. The summed E-state index contributed by atoms with van der Waals surface area (Å²) in [5.74, 6) is -1.75. The van der Waals surface area contributed by atoms with Crippen LogP contribution in [0.3, 0.4) is 0 Å². The number of nitrogens with one attached hydrogen (secondary N) is 1. The van der Waals surface area contributed by atoms with Crippen molar-refractivity contribution in [3.05, 3.63) is 107 Å². The summed E-state index contributed by atoms with van der Waals surface area (Å²) in [5, 5.41) is 3.13. The van der Waals surface area contributed by atoms with E-state index in [1.165, 1.54) is 14.2 Å². The van der Waals surface area contributed by atoms with Crippen LogP contribution in [0.1, 0.15) is 25.3 Å². The normalized spacial score (nSPS) is 13.9. The van der Waals surface area contributed by atoms with Crippen molar-refractivity contribution in [2.75, 3.05) is 14.2 Å². The van der Waals surface area contributed by atoms with Crippen LogP contribution in [0, 0.1) is 0 Å². The number of esters is 2. The fraction of sp³-hybridized carbons (Fsp3) is 0.161. The Balaban J connectivity index is 1.74. The van der Waals surface area contributed by atoms with E-state index in [1.54, 1.807) is 13.8 Å². The predicted octanol–water partition coefficient (Wildman–Crippen LogP) is 5.54. The molecule has 0 fully saturated rings. The van der Waals surface area contributed by atoms with E-state index in [1.807, 2.05) is 78.9 Å². The molecule has 1 aliphatic rings. The Morgan fingerprint density at radius 2 is 1.16 bits per heavy atom. The molecule has 0 radical (unpaired) electrons. The molecule has 1 aromatic heterocycles. The summed E-state index contributed by atoms with van der Waals surface area (Å²) in [4.78, 5) is 35.9. The molecule has 0 amide bonds. The van der Waals surface area contributed by atoms with Crippen LogP contribution in [0.15, 0.2) is 101 Å². The molecular formula is C31H27N3O4. The average molecular weight is 506 g/mol. The molecule has 7 nitrogen and oxygen atoms in total. The molecule has 0 aliphatic carbocycles. The third kappa shape index (κ3) is 4.43. The van der Waals surface area contributed by atoms with Crippen LogP contribution < -0.4 is 5.32 Å². The topological polar surface area (TPSA) is 90.4 Å². The maximum atomic E-state index is 12.9. The summed E-state index contributed by atoms with van der Waals surface area (Å²) in [6, 6.07) is 25.5. The number of fused-ring (bicyclic) bond motifs is 1. The molecule has 190 valence electrons. The van der Waals surface area contributed by atoms with Gasteiger partial charge in [0.25, 0.3) is 0 Å². The van der Waals surface area contributed by atoms with Crippen LogP contribution in [-0.2, 0) is 19.1 Å². The van der Waals surface area contributed by atoms with Crippen LogP contribution in [0.4, 0.5) is 0 Å². The lowest BCUT2D eigenvalue weighted by molar-refractivity contribution is -0.137. The summed E-state index contributed by atoms with van der Waals surface area (Å²) in [6.45, 7) is 3.58. The first-order chi connectivity index (χ1) is 18.4. The Hall–Kier alpha value is -4.78. The number of hydrogen-bond donors (Lipinski definition) is 1. The van der Waals surface area contributed by atoms with Gasteiger partial charge < -0.3 is 14.8 Å². The van der Waals surface area contributed by atoms with E-state index in [0.717, 1.165) is 22.5 Å². The van der Waals surface area contributed by atoms with E-state index in [4.69, 9.17) is 19.4 Å². The molecule has 5 rings (SSSR count). The van der Waals surface area contributed by atoms with Crippen molar-refractivity contribution in [1.82, 2.24) is 15.3 Å². The number of carbonyl (C=O) groups excluding carboxylic acids is 2. The van der Waals surface area contributed by atoms with Gasteiger partial charge in [-0.15, -0.1) is 0 Å². The van der Waals surface area contributed by atoms with Gasteiger partial charge in [-0.3, -0.25) is 0 Å². The zero-order valence-corrected chi connectivity index (χ0v) is 21.6. The Morgan fingerprint density at radius 1 is 0.684 bits per heavy atom. The molecule has 0 saturated carbocycles. The fourth-order valence-electron chi connectivity index (χ4n) is 4.93. The molecule has 0 bridgehead atoms. The summed E-state index contributed by atoms with van der Waals surface area (Å²) >= 11 is 0. The van der Waals surface area contributed by atoms with Crippen molar-refractivity contribution in [2.24, 2.45) is 0 Å². The largest absolute Gasteiger partial charge is 0.466 e. The number of ether oxygens (including phenoxy) is 2. The summed E-state index contributed by atoms with van der Waals surface area (Å²) in [5.41, 5.74) is 7.37. The molecule has 2 heterocycles. The molecule has 3 aromatic carbocycles. The number of allylic oxidation sites excluding steroid dienone is 2. The van der Waals surface area contributed by atoms with Crippen molar-refractivity contribution in [3.8, 4) is 22.5 Å². The van der Waals surface area contributed by atoms with Crippen molar-refractivity contribution < 1.29 is 19.1 Å². The van der Waals surface area contributed by atoms with E-state index in [-0.39, 0.29) is 0 Å². The van der Waals surface area contributed by atoms with Crippen LogP contribution in [0.2, 0.25) is 0 Å². The van der Waals surface area contributed by atoms with Crippen LogP contribution >= 0.6 is 0 Å². The molecule has 0 unspecified atom stereocenters. The fourth-order valence-corrected chi connectivity index (χ4v) is 4.93. The van der Waals surface area contributed by atoms with E-state index >= 15 is 0 Å². The number of nitrogens with zero attached hydrogens (tertiary/aromatic N) is 2. The highest BCUT2D eigenvalue weighted by molar-refractivity contribution is 6.00. The SMILES string of the molecule is COC(=O)C1=C(C)NC(C)=C(C(=O)OC)C1c1ccc2nc(-c3ccccc3)c(-c3ccccc3)nc2c1. The van der Waals surface area contributed by atoms with Gasteiger partial charge in [0, 0.05) is 22.5 Å². The molecule has 0 atom stereocenters. The lowest BCUT2D eigenvalue weighted by atomic mass is 9.80. The highest BCUT2D eigenvalue weighted by Crippen LogP contribution is 2.40. The van der Waals surface area contributed by atoms with Gasteiger partial charge in [-0.25, -0.2) is 19.6 Å². The van der Waals surface area contributed by atoms with Crippen molar-refractivity contribution in [3.63, 3.8) is 0 Å². The van der Waals surface area contributed by atoms with Gasteiger partial charge in [0.05, 0.1) is 53.7 Å². The monoisotopic (exact) mass is 505 g/mol. The van der Waals surface area contributed by atoms with Crippen molar-refractivity contribution >= 4 is 23.0 Å². The maximum absolute atomic E-state index is 12.9. The molecule has 1 N–H and O–H groups in total. The first kappa shape index (κ1) is 24.9. The number of benzene rings is 3. The molecule has 0 spiro atoms. The third-order valence-electron chi connectivity index (χ3n) is 6.69. The number of methoxy groups -OCH3 is 2. The van der Waals surface area contributed by atoms with E-state index in [2.05, 4.69) is 5.32 Å². The lowest BCUT2D eigenvalue weighted by Gasteiger charge is -2.30. The minimum atomic E-state index is -0.698. The minimum Gasteiger partial charge on any atom is -0.466 e. The van der Waals surface area contributed by atoms with Crippen molar-refractivity contribution in [1.29, 1.82) is 0 Å². The second kappa shape index (κ2) is 10.3. The number of carbonyl (C=O) groups is 2. The van der Waals surface area contributed by atoms with Crippen LogP contribution in [-0.4, -0.2) is 36.1 Å². The molecule has 0 saturated heterocycles. The zero-order valence-electron chi connectivity index (χ0n) is 21.6. The second-order valence-electron chi connectivity index (χ2n) is 9.02. The highest BCUT2D eigenvalue weighted by Gasteiger charge is 2.37. The molecule has 38 heavy (non-hydrogen) atoms. The van der Waals surface area contributed by atoms with Gasteiger partial charge in [-0.2, -0.15) is 0 Å². The maximum Gasteiger partial charge on any atom is 0.336 e. The smallest absolute Gasteiger partial charge is 0.336 e. The number of rotatable bonds is 5. The number of hydrogen-bond acceptors (Lipinski definition) is 7. The van der Waals surface area contributed by atoms with Gasteiger partial charge in [-0.05, 0) is 31.5 Å². The van der Waals surface area contributed by atoms with Crippen LogP contribution in [0.25, 0.3) is 33.5 Å². The minimum absolute atomic E-state index is 0.343. The van der Waals surface area contributed by atoms with Gasteiger partial charge in [0.2, 0.25) is 0 Å². The lowest BCUT2D eigenvalue weighted by Crippen LogP contribution is -2.32. The van der Waals surface area contributed by atoms with Gasteiger partial charge in [0.15, 0.2) is 0 Å². The number of aromatic nitrogens is 2. The molecule has 1 aliphatic heterocycles. The quantitative estimate of drug-likeness (QED) is 0.356. The summed E-state index contributed by atoms with van der Waals surface area (Å²) in [6.07, 6.45) is 0. The standard InChI is InChI=1S/C31H27N3O4/c1-18-25(30(35)37-3)27(26(19(2)32-18)31(36)38-4)22-15-16-23-24(17-22)34-29(21-13-9-6-10-14-21)28(33-23)20-11-7-5-8-12-20/h5-17,27,32H,1-4H3. The summed E-state index contributed by atoms with van der Waals surface area (Å²) < 4.78 is 10.2. The third-order valence-corrected chi connectivity index (χ3v) is 6.69. The highest BCUT2D eigenvalue weighted by atomic mass is 16.5. The average Bonchev–Trinajstić information content (AvgIpc) is 2.96. The van der Waals surface area contributed by atoms with Crippen molar-refractivity contribution in [2.45, 2.75) is 19.8 Å². The second-order valence-corrected chi connectivity index (χ2v) is 9.02. The molecule has 7 heteroatoms. The summed E-state index contributed by atoms with van der Waals surface area (Å²) in [7, 11) is 2.65. The van der Waals surface area contributed by atoms with Gasteiger partial charge in [0.1, 0.15) is 0 Å². The Bertz CT molecular complexity index is 1570.